The number of hydrogen-bond acceptors (Lipinski definition) is 6. The molecular weight excluding hydrogens is 256 g/mol. The summed E-state index contributed by atoms with van der Waals surface area (Å²) in [6.45, 7) is 0.797. The first-order chi connectivity index (χ1) is 8.57. The van der Waals surface area contributed by atoms with Gasteiger partial charge in [0.25, 0.3) is 0 Å². The van der Waals surface area contributed by atoms with Gasteiger partial charge in [0.1, 0.15) is 5.82 Å². The molecule has 100 valence electrons. The Balaban J connectivity index is 2.25. The summed E-state index contributed by atoms with van der Waals surface area (Å²) >= 11 is 0. The fourth-order valence-electron chi connectivity index (χ4n) is 1.96. The van der Waals surface area contributed by atoms with Crippen molar-refractivity contribution in [2.24, 2.45) is 11.8 Å². The molecule has 0 radical (unpaired) electrons. The van der Waals surface area contributed by atoms with Gasteiger partial charge >= 0.3 is 0 Å². The zero-order chi connectivity index (χ0) is 13.2. The third kappa shape index (κ3) is 2.46. The highest BCUT2D eigenvalue weighted by Crippen LogP contribution is 2.24. The molecule has 0 amide bonds. The number of aliphatic hydroxyl groups excluding tert-OH is 1. The maximum absolute atomic E-state index is 12.3. The topological polar surface area (TPSA) is 109 Å². The number of hydrazine groups is 1. The van der Waals surface area contributed by atoms with E-state index in [-0.39, 0.29) is 17.4 Å². The molecule has 1 unspecified atom stereocenters. The lowest BCUT2D eigenvalue weighted by Gasteiger charge is -2.16. The molecule has 1 aromatic heterocycles. The highest BCUT2D eigenvalue weighted by molar-refractivity contribution is 7.89. The number of nitrogens with zero attached hydrogens (tertiary/aromatic N) is 2. The van der Waals surface area contributed by atoms with Crippen molar-refractivity contribution in [2.45, 2.75) is 11.3 Å². The lowest BCUT2D eigenvalue weighted by molar-refractivity contribution is 0.233. The number of nitrogens with two attached hydrogens (primary N) is 1. The summed E-state index contributed by atoms with van der Waals surface area (Å²) in [5.41, 5.74) is 2.32. The number of pyridine rings is 1. The highest BCUT2D eigenvalue weighted by Gasteiger charge is 2.32. The molecule has 1 saturated heterocycles. The summed E-state index contributed by atoms with van der Waals surface area (Å²) in [4.78, 5) is 4.03. The van der Waals surface area contributed by atoms with Crippen molar-refractivity contribution < 1.29 is 13.5 Å². The number of aromatic nitrogens is 1. The molecule has 1 atom stereocenters. The number of sulfonamides is 1. The van der Waals surface area contributed by atoms with Crippen LogP contribution < -0.4 is 11.3 Å². The number of aliphatic hydroxyl groups is 1. The van der Waals surface area contributed by atoms with Gasteiger partial charge in [0, 0.05) is 32.0 Å². The van der Waals surface area contributed by atoms with E-state index < -0.39 is 10.0 Å². The zero-order valence-electron chi connectivity index (χ0n) is 9.78. The molecule has 2 heterocycles. The molecule has 0 aromatic carbocycles. The van der Waals surface area contributed by atoms with Crippen LogP contribution in [0.4, 0.5) is 5.82 Å². The van der Waals surface area contributed by atoms with Crippen LogP contribution in [0.2, 0.25) is 0 Å². The van der Waals surface area contributed by atoms with Crippen LogP contribution in [-0.4, -0.2) is 42.5 Å². The molecule has 0 saturated carbocycles. The zero-order valence-corrected chi connectivity index (χ0v) is 10.6. The lowest BCUT2D eigenvalue weighted by atomic mass is 10.1. The molecule has 0 bridgehead atoms. The van der Waals surface area contributed by atoms with Crippen LogP contribution in [0.1, 0.15) is 6.42 Å². The van der Waals surface area contributed by atoms with E-state index in [1.165, 1.54) is 22.6 Å². The van der Waals surface area contributed by atoms with E-state index in [0.717, 1.165) is 0 Å². The van der Waals surface area contributed by atoms with Gasteiger partial charge in [-0.05, 0) is 18.4 Å². The highest BCUT2D eigenvalue weighted by atomic mass is 32.2. The summed E-state index contributed by atoms with van der Waals surface area (Å²) < 4.78 is 26.0. The van der Waals surface area contributed by atoms with Crippen molar-refractivity contribution in [2.75, 3.05) is 25.1 Å². The SMILES string of the molecule is NNc1cc(S(=O)(=O)N2CCC(CO)C2)ccn1. The Labute approximate surface area is 106 Å². The van der Waals surface area contributed by atoms with Crippen molar-refractivity contribution in [1.82, 2.24) is 9.29 Å². The van der Waals surface area contributed by atoms with Gasteiger partial charge in [-0.1, -0.05) is 0 Å². The number of nitrogen functional groups attached to an aromatic ring is 1. The van der Waals surface area contributed by atoms with E-state index in [4.69, 9.17) is 10.9 Å². The molecule has 1 aromatic rings. The summed E-state index contributed by atoms with van der Waals surface area (Å²) in [6.07, 6.45) is 2.07. The molecule has 4 N–H and O–H groups in total. The fourth-order valence-corrected chi connectivity index (χ4v) is 3.51. The van der Waals surface area contributed by atoms with Gasteiger partial charge in [0.15, 0.2) is 0 Å². The largest absolute Gasteiger partial charge is 0.396 e. The van der Waals surface area contributed by atoms with Gasteiger partial charge in [-0.2, -0.15) is 4.31 Å². The summed E-state index contributed by atoms with van der Waals surface area (Å²) in [5, 5.41) is 9.04. The van der Waals surface area contributed by atoms with Gasteiger partial charge in [0.05, 0.1) is 4.90 Å². The Morgan fingerprint density at radius 1 is 1.61 bits per heavy atom. The molecule has 0 spiro atoms. The number of nitrogens with one attached hydrogen (secondary N) is 1. The predicted octanol–water partition coefficient (Wildman–Crippen LogP) is -0.630. The van der Waals surface area contributed by atoms with E-state index in [1.807, 2.05) is 0 Å². The predicted molar refractivity (Wildman–Crippen MR) is 66.0 cm³/mol. The summed E-state index contributed by atoms with van der Waals surface area (Å²) in [5.74, 6) is 5.53. The maximum Gasteiger partial charge on any atom is 0.243 e. The van der Waals surface area contributed by atoms with E-state index in [0.29, 0.717) is 25.3 Å². The van der Waals surface area contributed by atoms with Gasteiger partial charge in [-0.15, -0.1) is 0 Å². The van der Waals surface area contributed by atoms with Crippen molar-refractivity contribution in [3.8, 4) is 0 Å². The van der Waals surface area contributed by atoms with Gasteiger partial charge < -0.3 is 10.5 Å². The standard InChI is InChI=1S/C10H16N4O3S/c11-13-10-5-9(1-3-12-10)18(16,17)14-4-2-8(6-14)7-15/h1,3,5,8,15H,2,4,6-7,11H2,(H,12,13). The normalized spacial score (nSPS) is 21.1. The summed E-state index contributed by atoms with van der Waals surface area (Å²) in [7, 11) is -3.53. The van der Waals surface area contributed by atoms with Gasteiger partial charge in [-0.3, -0.25) is 0 Å². The number of hydrogen-bond donors (Lipinski definition) is 3. The van der Waals surface area contributed by atoms with Crippen molar-refractivity contribution in [3.05, 3.63) is 18.3 Å². The Morgan fingerprint density at radius 2 is 2.39 bits per heavy atom. The first-order valence-corrected chi connectivity index (χ1v) is 7.05. The molecule has 18 heavy (non-hydrogen) atoms. The van der Waals surface area contributed by atoms with Crippen molar-refractivity contribution in [3.63, 3.8) is 0 Å². The van der Waals surface area contributed by atoms with Crippen LogP contribution >= 0.6 is 0 Å². The van der Waals surface area contributed by atoms with Crippen LogP contribution in [0, 0.1) is 5.92 Å². The number of anilines is 1. The molecule has 0 aliphatic carbocycles. The molecule has 1 aliphatic heterocycles. The van der Waals surface area contributed by atoms with Crippen LogP contribution in [0.25, 0.3) is 0 Å². The van der Waals surface area contributed by atoms with Crippen molar-refractivity contribution >= 4 is 15.8 Å². The molecule has 7 nitrogen and oxygen atoms in total. The maximum atomic E-state index is 12.3. The molecule has 8 heteroatoms. The Bertz CT molecular complexity index is 520. The van der Waals surface area contributed by atoms with E-state index in [1.54, 1.807) is 0 Å². The van der Waals surface area contributed by atoms with Crippen LogP contribution in [0.5, 0.6) is 0 Å². The second kappa shape index (κ2) is 5.19. The van der Waals surface area contributed by atoms with Crippen LogP contribution in [0.15, 0.2) is 23.2 Å². The lowest BCUT2D eigenvalue weighted by Crippen LogP contribution is -2.29. The Hall–Kier alpha value is -1.22. The van der Waals surface area contributed by atoms with Gasteiger partial charge in [0.2, 0.25) is 10.0 Å². The van der Waals surface area contributed by atoms with E-state index in [9.17, 15) is 8.42 Å². The van der Waals surface area contributed by atoms with Crippen LogP contribution in [0.3, 0.4) is 0 Å². The average molecular weight is 272 g/mol. The molecular formula is C10H16N4O3S. The minimum Gasteiger partial charge on any atom is -0.396 e. The Morgan fingerprint density at radius 3 is 3.00 bits per heavy atom. The van der Waals surface area contributed by atoms with Gasteiger partial charge in [-0.25, -0.2) is 19.2 Å². The third-order valence-electron chi connectivity index (χ3n) is 3.02. The number of rotatable bonds is 4. The monoisotopic (exact) mass is 272 g/mol. The first kappa shape index (κ1) is 13.2. The Kier molecular flexibility index (Phi) is 3.81. The average Bonchev–Trinajstić information content (AvgIpc) is 2.88. The van der Waals surface area contributed by atoms with Crippen LogP contribution in [-0.2, 0) is 10.0 Å². The molecule has 1 fully saturated rings. The first-order valence-electron chi connectivity index (χ1n) is 5.61. The quantitative estimate of drug-likeness (QED) is 0.497. The smallest absolute Gasteiger partial charge is 0.243 e. The second-order valence-electron chi connectivity index (χ2n) is 4.22. The minimum atomic E-state index is -3.53. The molecule has 2 rings (SSSR count). The van der Waals surface area contributed by atoms with E-state index in [2.05, 4.69) is 10.4 Å². The fraction of sp³-hybridized carbons (Fsp3) is 0.500. The second-order valence-corrected chi connectivity index (χ2v) is 6.16. The third-order valence-corrected chi connectivity index (χ3v) is 4.88. The van der Waals surface area contributed by atoms with Crippen molar-refractivity contribution in [1.29, 1.82) is 0 Å². The van der Waals surface area contributed by atoms with E-state index >= 15 is 0 Å². The molecule has 1 aliphatic rings. The summed E-state index contributed by atoms with van der Waals surface area (Å²) in [6, 6.07) is 2.82. The minimum absolute atomic E-state index is 0.0119.